The van der Waals surface area contributed by atoms with Gasteiger partial charge in [-0.1, -0.05) is 0 Å². The molecule has 0 unspecified atom stereocenters. The van der Waals surface area contributed by atoms with Gasteiger partial charge >= 0.3 is 0 Å². The normalized spacial score (nSPS) is 22.2. The maximum Gasteiger partial charge on any atom is 0.224 e. The van der Waals surface area contributed by atoms with Gasteiger partial charge in [0.05, 0.1) is 24.5 Å². The van der Waals surface area contributed by atoms with Crippen LogP contribution in [0.3, 0.4) is 0 Å². The van der Waals surface area contributed by atoms with Crippen LogP contribution in [0.25, 0.3) is 0 Å². The Kier molecular flexibility index (Phi) is 4.81. The number of pyridine rings is 1. The molecule has 142 valence electrons. The SMILES string of the molecule is C[C@@H](NC(=O)[C@@H]1C[C@H]1c1cc(F)ccc1F)c1ccc(OCC2CC2)cn1. The largest absolute Gasteiger partial charge is 0.492 e. The number of nitrogens with one attached hydrogen (secondary N) is 1. The molecular formula is C21H22F2N2O2. The fraction of sp³-hybridized carbons (Fsp3) is 0.429. The molecule has 1 aromatic carbocycles. The number of ether oxygens (including phenoxy) is 1. The first-order chi connectivity index (χ1) is 13.0. The molecule has 2 fully saturated rings. The summed E-state index contributed by atoms with van der Waals surface area (Å²) in [5, 5.41) is 2.91. The van der Waals surface area contributed by atoms with Gasteiger partial charge in [-0.15, -0.1) is 0 Å². The van der Waals surface area contributed by atoms with E-state index in [9.17, 15) is 13.6 Å². The van der Waals surface area contributed by atoms with E-state index in [1.807, 2.05) is 19.1 Å². The second-order valence-corrected chi connectivity index (χ2v) is 7.52. The van der Waals surface area contributed by atoms with Crippen LogP contribution in [0.4, 0.5) is 8.78 Å². The topological polar surface area (TPSA) is 51.2 Å². The molecule has 0 radical (unpaired) electrons. The average Bonchev–Trinajstić information content (AvgIpc) is 3.56. The summed E-state index contributed by atoms with van der Waals surface area (Å²) in [6, 6.07) is 6.80. The molecule has 0 aliphatic heterocycles. The highest BCUT2D eigenvalue weighted by atomic mass is 19.1. The molecule has 3 atom stereocenters. The predicted octanol–water partition coefficient (Wildman–Crippen LogP) is 4.13. The molecule has 27 heavy (non-hydrogen) atoms. The highest BCUT2D eigenvalue weighted by Crippen LogP contribution is 2.48. The first-order valence-corrected chi connectivity index (χ1v) is 9.35. The zero-order chi connectivity index (χ0) is 19.0. The first kappa shape index (κ1) is 17.9. The summed E-state index contributed by atoms with van der Waals surface area (Å²) in [6.45, 7) is 2.58. The number of aromatic nitrogens is 1. The number of rotatable bonds is 7. The number of hydrogen-bond donors (Lipinski definition) is 1. The lowest BCUT2D eigenvalue weighted by Gasteiger charge is -2.14. The van der Waals surface area contributed by atoms with Crippen molar-refractivity contribution in [3.05, 3.63) is 59.4 Å². The first-order valence-electron chi connectivity index (χ1n) is 9.35. The van der Waals surface area contributed by atoms with Crippen LogP contribution < -0.4 is 10.1 Å². The highest BCUT2D eigenvalue weighted by molar-refractivity contribution is 5.83. The minimum Gasteiger partial charge on any atom is -0.492 e. The molecule has 0 saturated heterocycles. The summed E-state index contributed by atoms with van der Waals surface area (Å²) in [5.41, 5.74) is 1.01. The second kappa shape index (κ2) is 7.25. The zero-order valence-electron chi connectivity index (χ0n) is 15.1. The third-order valence-electron chi connectivity index (χ3n) is 5.23. The summed E-state index contributed by atoms with van der Waals surface area (Å²) in [6.07, 6.45) is 4.66. The third kappa shape index (κ3) is 4.26. The van der Waals surface area contributed by atoms with Crippen molar-refractivity contribution in [2.75, 3.05) is 6.61 Å². The number of benzene rings is 1. The van der Waals surface area contributed by atoms with E-state index in [-0.39, 0.29) is 29.3 Å². The Balaban J connectivity index is 1.32. The van der Waals surface area contributed by atoms with Crippen LogP contribution in [0, 0.1) is 23.5 Å². The monoisotopic (exact) mass is 372 g/mol. The Morgan fingerprint density at radius 2 is 2.11 bits per heavy atom. The van der Waals surface area contributed by atoms with Crippen LogP contribution in [0.1, 0.15) is 49.4 Å². The fourth-order valence-electron chi connectivity index (χ4n) is 3.25. The molecule has 1 heterocycles. The van der Waals surface area contributed by atoms with Crippen molar-refractivity contribution in [3.63, 3.8) is 0 Å². The van der Waals surface area contributed by atoms with Gasteiger partial charge in [0.15, 0.2) is 0 Å². The van der Waals surface area contributed by atoms with E-state index in [1.54, 1.807) is 6.20 Å². The minimum absolute atomic E-state index is 0.160. The highest BCUT2D eigenvalue weighted by Gasteiger charge is 2.45. The van der Waals surface area contributed by atoms with Crippen molar-refractivity contribution >= 4 is 5.91 Å². The Morgan fingerprint density at radius 3 is 2.81 bits per heavy atom. The van der Waals surface area contributed by atoms with E-state index in [1.165, 1.54) is 18.9 Å². The predicted molar refractivity (Wildman–Crippen MR) is 96.2 cm³/mol. The van der Waals surface area contributed by atoms with Crippen LogP contribution in [0.2, 0.25) is 0 Å². The molecule has 0 spiro atoms. The Labute approximate surface area is 157 Å². The smallest absolute Gasteiger partial charge is 0.224 e. The maximum atomic E-state index is 13.9. The standard InChI is InChI=1S/C21H22F2N2O2/c1-12(20-7-5-15(10-24-20)27-11-13-2-3-13)25-21(26)18-9-16(18)17-8-14(22)4-6-19(17)23/h4-8,10,12-13,16,18H,2-3,9,11H2,1H3,(H,25,26)/t12-,16+,18-/m1/s1. The molecule has 0 bridgehead atoms. The molecule has 2 aliphatic rings. The van der Waals surface area contributed by atoms with Gasteiger partial charge in [0, 0.05) is 5.92 Å². The van der Waals surface area contributed by atoms with E-state index < -0.39 is 11.6 Å². The summed E-state index contributed by atoms with van der Waals surface area (Å²) in [7, 11) is 0. The van der Waals surface area contributed by atoms with Gasteiger partial charge in [-0.25, -0.2) is 8.78 Å². The van der Waals surface area contributed by atoms with E-state index in [0.29, 0.717) is 12.3 Å². The van der Waals surface area contributed by atoms with Crippen molar-refractivity contribution in [1.29, 1.82) is 0 Å². The Bertz CT molecular complexity index is 837. The number of amides is 1. The summed E-state index contributed by atoms with van der Waals surface area (Å²) >= 11 is 0. The van der Waals surface area contributed by atoms with Crippen LogP contribution in [0.15, 0.2) is 36.5 Å². The lowest BCUT2D eigenvalue weighted by Crippen LogP contribution is -2.29. The van der Waals surface area contributed by atoms with Gasteiger partial charge in [0.2, 0.25) is 5.91 Å². The van der Waals surface area contributed by atoms with Gasteiger partial charge in [-0.3, -0.25) is 9.78 Å². The molecule has 4 nitrogen and oxygen atoms in total. The fourth-order valence-corrected chi connectivity index (χ4v) is 3.25. The molecule has 2 saturated carbocycles. The Hall–Kier alpha value is -2.50. The molecule has 1 aromatic heterocycles. The lowest BCUT2D eigenvalue weighted by atomic mass is 10.1. The molecule has 1 amide bonds. The molecule has 1 N–H and O–H groups in total. The van der Waals surface area contributed by atoms with Gasteiger partial charge in [0.25, 0.3) is 0 Å². The van der Waals surface area contributed by atoms with E-state index in [4.69, 9.17) is 4.74 Å². The van der Waals surface area contributed by atoms with Crippen LogP contribution in [-0.4, -0.2) is 17.5 Å². The van der Waals surface area contributed by atoms with Crippen molar-refractivity contribution in [2.45, 2.75) is 38.1 Å². The lowest BCUT2D eigenvalue weighted by molar-refractivity contribution is -0.123. The van der Waals surface area contributed by atoms with Crippen LogP contribution >= 0.6 is 0 Å². The second-order valence-electron chi connectivity index (χ2n) is 7.52. The number of carbonyl (C=O) groups excluding carboxylic acids is 1. The summed E-state index contributed by atoms with van der Waals surface area (Å²) in [4.78, 5) is 16.8. The summed E-state index contributed by atoms with van der Waals surface area (Å²) < 4.78 is 32.9. The summed E-state index contributed by atoms with van der Waals surface area (Å²) in [5.74, 6) is -0.298. The van der Waals surface area contributed by atoms with Gasteiger partial charge < -0.3 is 10.1 Å². The quantitative estimate of drug-likeness (QED) is 0.795. The zero-order valence-corrected chi connectivity index (χ0v) is 15.1. The third-order valence-corrected chi connectivity index (χ3v) is 5.23. The molecule has 6 heteroatoms. The van der Waals surface area contributed by atoms with E-state index in [2.05, 4.69) is 10.3 Å². The maximum absolute atomic E-state index is 13.9. The molecular weight excluding hydrogens is 350 g/mol. The molecule has 4 rings (SSSR count). The number of hydrogen-bond acceptors (Lipinski definition) is 3. The van der Waals surface area contributed by atoms with Crippen molar-refractivity contribution < 1.29 is 18.3 Å². The van der Waals surface area contributed by atoms with Gasteiger partial charge in [-0.05, 0) is 73.9 Å². The van der Waals surface area contributed by atoms with Crippen molar-refractivity contribution in [2.24, 2.45) is 11.8 Å². The van der Waals surface area contributed by atoms with Crippen molar-refractivity contribution in [3.8, 4) is 5.75 Å². The van der Waals surface area contributed by atoms with Gasteiger partial charge in [-0.2, -0.15) is 0 Å². The average molecular weight is 372 g/mol. The Morgan fingerprint density at radius 1 is 1.30 bits per heavy atom. The molecule has 2 aliphatic carbocycles. The van der Waals surface area contributed by atoms with Crippen molar-refractivity contribution in [1.82, 2.24) is 10.3 Å². The van der Waals surface area contributed by atoms with Crippen LogP contribution in [-0.2, 0) is 4.79 Å². The number of carbonyl (C=O) groups is 1. The number of halogens is 2. The molecule has 2 aromatic rings. The minimum atomic E-state index is -0.487. The van der Waals surface area contributed by atoms with Crippen LogP contribution in [0.5, 0.6) is 5.75 Å². The number of nitrogens with zero attached hydrogens (tertiary/aromatic N) is 1. The van der Waals surface area contributed by atoms with E-state index >= 15 is 0 Å². The van der Waals surface area contributed by atoms with E-state index in [0.717, 1.165) is 30.2 Å². The van der Waals surface area contributed by atoms with Gasteiger partial charge in [0.1, 0.15) is 17.4 Å².